The maximum absolute atomic E-state index is 15.0. The van der Waals surface area contributed by atoms with E-state index >= 15 is 0 Å². The molecule has 0 spiro atoms. The van der Waals surface area contributed by atoms with E-state index in [4.69, 9.17) is 4.98 Å². The molecule has 6 aromatic carbocycles. The predicted octanol–water partition coefficient (Wildman–Crippen LogP) is 11.5. The zero-order valence-electron chi connectivity index (χ0n) is 45.1. The number of rotatable bonds is 15. The molecular formula is C59H52F6N12O5S. The highest BCUT2D eigenvalue weighted by Gasteiger charge is 2.36. The average molecular weight is 1160 g/mol. The van der Waals surface area contributed by atoms with Crippen LogP contribution in [0.5, 0.6) is 0 Å². The van der Waals surface area contributed by atoms with Crippen LogP contribution in [-0.2, 0) is 23.9 Å². The molecule has 83 heavy (non-hydrogen) atoms. The van der Waals surface area contributed by atoms with Crippen molar-refractivity contribution in [2.45, 2.75) is 58.4 Å². The lowest BCUT2D eigenvalue weighted by Crippen LogP contribution is -2.43. The smallest absolute Gasteiger partial charge is 0.328 e. The third kappa shape index (κ3) is 13.0. The summed E-state index contributed by atoms with van der Waals surface area (Å²) in [5.41, 5.74) is 3.94. The van der Waals surface area contributed by atoms with Crippen LogP contribution in [0.1, 0.15) is 63.2 Å². The number of halogens is 6. The molecule has 0 bridgehead atoms. The van der Waals surface area contributed by atoms with Crippen molar-refractivity contribution < 1.29 is 49.7 Å². The molecule has 1 atom stereocenters. The van der Waals surface area contributed by atoms with Gasteiger partial charge in [0, 0.05) is 63.6 Å². The van der Waals surface area contributed by atoms with Gasteiger partial charge in [-0.3, -0.25) is 13.8 Å². The van der Waals surface area contributed by atoms with Gasteiger partial charge in [-0.2, -0.15) is 4.98 Å². The van der Waals surface area contributed by atoms with E-state index in [-0.39, 0.29) is 47.1 Å². The Hall–Kier alpha value is -9.55. The number of urea groups is 2. The van der Waals surface area contributed by atoms with Crippen LogP contribution in [0.3, 0.4) is 0 Å². The molecule has 426 valence electrons. The van der Waals surface area contributed by atoms with Crippen molar-refractivity contribution in [2.24, 2.45) is 0 Å². The van der Waals surface area contributed by atoms with E-state index in [1.165, 1.54) is 66.9 Å². The van der Waals surface area contributed by atoms with Crippen molar-refractivity contribution in [3.05, 3.63) is 190 Å². The third-order valence-corrected chi connectivity index (χ3v) is 13.8. The predicted molar refractivity (Wildman–Crippen MR) is 303 cm³/mol. The van der Waals surface area contributed by atoms with Crippen LogP contribution in [0, 0.1) is 48.8 Å². The molecule has 2 aromatic heterocycles. The monoisotopic (exact) mass is 1150 g/mol. The van der Waals surface area contributed by atoms with Crippen LogP contribution in [0.25, 0.3) is 22.5 Å². The topological polar surface area (TPSA) is 216 Å². The third-order valence-electron chi connectivity index (χ3n) is 13.1. The molecule has 10 rings (SSSR count). The molecule has 24 heteroatoms. The SMILES string of the molecule is Cc1ccc(C(=O)Nc2ccc(F)cc2)cc1-c1nc(NCCCNC(C)C)nc2c1CNC(=O)N2c1c(F)cccc1F.Cc1ccc(C(=O)Nc2ccc(F)cc2)cc1-c1nc(S(C)=O)nc2c1CNC(=O)N2c1c(F)cccc1F. The van der Waals surface area contributed by atoms with Crippen molar-refractivity contribution in [3.8, 4) is 22.5 Å². The summed E-state index contributed by atoms with van der Waals surface area (Å²) in [6.07, 6.45) is 2.07. The summed E-state index contributed by atoms with van der Waals surface area (Å²) in [6, 6.07) is 25.8. The van der Waals surface area contributed by atoms with E-state index < -0.39 is 81.0 Å². The lowest BCUT2D eigenvalue weighted by Gasteiger charge is -2.31. The summed E-state index contributed by atoms with van der Waals surface area (Å²) in [4.78, 5) is 71.8. The molecule has 6 amide bonds. The van der Waals surface area contributed by atoms with E-state index in [1.807, 2.05) is 20.8 Å². The number of amides is 6. The molecule has 8 aromatic rings. The minimum atomic E-state index is -1.73. The number of carbonyl (C=O) groups excluding carboxylic acids is 4. The van der Waals surface area contributed by atoms with E-state index in [9.17, 15) is 49.7 Å². The number of hydrogen-bond acceptors (Lipinski definition) is 11. The Bertz CT molecular complexity index is 3820. The van der Waals surface area contributed by atoms with Crippen LogP contribution in [0.2, 0.25) is 0 Å². The maximum Gasteiger partial charge on any atom is 0.328 e. The fourth-order valence-electron chi connectivity index (χ4n) is 8.96. The number of anilines is 7. The van der Waals surface area contributed by atoms with Crippen LogP contribution in [0.15, 0.2) is 126 Å². The Morgan fingerprint density at radius 2 is 1.02 bits per heavy atom. The number of nitrogens with one attached hydrogen (secondary N) is 6. The highest BCUT2D eigenvalue weighted by Crippen LogP contribution is 2.41. The second kappa shape index (κ2) is 25.1. The highest BCUT2D eigenvalue weighted by atomic mass is 32.2. The molecular weight excluding hydrogens is 1100 g/mol. The van der Waals surface area contributed by atoms with Gasteiger partial charge in [0.2, 0.25) is 11.1 Å². The van der Waals surface area contributed by atoms with Gasteiger partial charge in [0.15, 0.2) is 11.6 Å². The van der Waals surface area contributed by atoms with Crippen LogP contribution in [-0.4, -0.2) is 73.4 Å². The molecule has 0 saturated heterocycles. The van der Waals surface area contributed by atoms with E-state index in [0.29, 0.717) is 63.0 Å². The lowest BCUT2D eigenvalue weighted by molar-refractivity contribution is 0.101. The second-order valence-corrected chi connectivity index (χ2v) is 20.6. The average Bonchev–Trinajstić information content (AvgIpc) is 2.38. The van der Waals surface area contributed by atoms with Gasteiger partial charge in [0.25, 0.3) is 11.8 Å². The fourth-order valence-corrected chi connectivity index (χ4v) is 9.40. The quantitative estimate of drug-likeness (QED) is 0.0322. The van der Waals surface area contributed by atoms with Gasteiger partial charge in [0.1, 0.15) is 46.3 Å². The normalized spacial score (nSPS) is 13.0. The van der Waals surface area contributed by atoms with Crippen LogP contribution in [0.4, 0.5) is 76.3 Å². The minimum Gasteiger partial charge on any atom is -0.354 e. The first-order valence-corrected chi connectivity index (χ1v) is 27.3. The maximum atomic E-state index is 15.0. The number of aryl methyl sites for hydroxylation is 2. The number of para-hydroxylation sites is 2. The fraction of sp³-hybridized carbons (Fsp3) is 0.186. The van der Waals surface area contributed by atoms with E-state index in [0.717, 1.165) is 52.6 Å². The van der Waals surface area contributed by atoms with Gasteiger partial charge in [-0.1, -0.05) is 38.1 Å². The summed E-state index contributed by atoms with van der Waals surface area (Å²) in [5.74, 6) is -5.58. The molecule has 0 fully saturated rings. The van der Waals surface area contributed by atoms with Crippen LogP contribution < -0.4 is 41.7 Å². The second-order valence-electron chi connectivity index (χ2n) is 19.3. The Morgan fingerprint density at radius 1 is 0.590 bits per heavy atom. The first-order valence-electron chi connectivity index (χ1n) is 25.8. The van der Waals surface area contributed by atoms with Gasteiger partial charge in [-0.05, 0) is 135 Å². The number of carbonyl (C=O) groups is 4. The zero-order valence-corrected chi connectivity index (χ0v) is 45.9. The lowest BCUT2D eigenvalue weighted by atomic mass is 9.97. The van der Waals surface area contributed by atoms with Crippen molar-refractivity contribution in [2.75, 3.05) is 45.1 Å². The molecule has 17 nitrogen and oxygen atoms in total. The van der Waals surface area contributed by atoms with Crippen molar-refractivity contribution in [1.82, 2.24) is 35.9 Å². The van der Waals surface area contributed by atoms with Crippen molar-refractivity contribution in [1.29, 1.82) is 0 Å². The number of fused-ring (bicyclic) bond motifs is 2. The molecule has 0 saturated carbocycles. The summed E-state index contributed by atoms with van der Waals surface area (Å²) in [5, 5.41) is 17.0. The van der Waals surface area contributed by atoms with Gasteiger partial charge in [0.05, 0.1) is 35.3 Å². The molecule has 1 unspecified atom stereocenters. The Kier molecular flexibility index (Phi) is 17.6. The molecule has 2 aliphatic rings. The number of aromatic nitrogens is 4. The van der Waals surface area contributed by atoms with Gasteiger partial charge >= 0.3 is 12.1 Å². The Labute approximate surface area is 474 Å². The minimum absolute atomic E-state index is 0.0138. The molecule has 6 N–H and O–H groups in total. The summed E-state index contributed by atoms with van der Waals surface area (Å²) >= 11 is 0. The van der Waals surface area contributed by atoms with E-state index in [2.05, 4.69) is 46.9 Å². The summed E-state index contributed by atoms with van der Waals surface area (Å²) in [6.45, 7) is 8.82. The number of hydrogen-bond donors (Lipinski definition) is 6. The zero-order chi connectivity index (χ0) is 59.2. The summed E-state index contributed by atoms with van der Waals surface area (Å²) in [7, 11) is -1.73. The van der Waals surface area contributed by atoms with Crippen molar-refractivity contribution >= 4 is 75.0 Å². The number of benzene rings is 6. The molecule has 2 aliphatic heterocycles. The molecule has 0 radical (unpaired) electrons. The number of nitrogens with zero attached hydrogens (tertiary/aromatic N) is 6. The molecule has 0 aliphatic carbocycles. The largest absolute Gasteiger partial charge is 0.354 e. The first kappa shape index (κ1) is 58.1. The van der Waals surface area contributed by atoms with Gasteiger partial charge in [-0.25, -0.2) is 60.7 Å². The standard InChI is InChI=1S/C32H32F3N7O2.C27H20F3N5O3S/c1-18(2)36-14-5-15-37-31-40-27(23-16-20(9-8-19(23)3)30(43)39-22-12-10-21(33)11-13-22)24-17-38-32(44)42(29(24)41-31)28-25(34)6-4-7-26(28)35;1-14-6-7-15(25(36)32-17-10-8-16(28)9-11-17)12-18(14)22-19-13-31-27(37)35(23-20(29)4-3-5-21(23)30)24(19)34-26(33-22)39(2)38/h4,6-13,16,18,36H,5,14-15,17H2,1-3H3,(H,38,44)(H,39,43)(H,37,40,41);3-12H,13H2,1-2H3,(H,31,37)(H,32,36). The van der Waals surface area contributed by atoms with Crippen molar-refractivity contribution in [3.63, 3.8) is 0 Å². The van der Waals surface area contributed by atoms with E-state index in [1.54, 1.807) is 43.3 Å². The van der Waals surface area contributed by atoms with Gasteiger partial charge in [-0.15, -0.1) is 0 Å². The Balaban J connectivity index is 0.000000201. The van der Waals surface area contributed by atoms with Crippen LogP contribution >= 0.6 is 0 Å². The first-order chi connectivity index (χ1) is 39.8. The highest BCUT2D eigenvalue weighted by molar-refractivity contribution is 7.84. The van der Waals surface area contributed by atoms with Gasteiger partial charge < -0.3 is 31.9 Å². The molecule has 4 heterocycles. The summed E-state index contributed by atoms with van der Waals surface area (Å²) < 4.78 is 98.6. The Morgan fingerprint density at radius 3 is 1.46 bits per heavy atom.